The third-order valence-corrected chi connectivity index (χ3v) is 6.91. The lowest BCUT2D eigenvalue weighted by atomic mass is 10.1. The first kappa shape index (κ1) is 24.1. The lowest BCUT2D eigenvalue weighted by Crippen LogP contribution is -2.38. The number of hydrogen-bond acceptors (Lipinski definition) is 8. The fraction of sp³-hybridized carbons (Fsp3) is 0.333. The quantitative estimate of drug-likeness (QED) is 0.357. The Hall–Kier alpha value is -4.22. The van der Waals surface area contributed by atoms with Crippen molar-refractivity contribution in [1.82, 2.24) is 24.2 Å². The van der Waals surface area contributed by atoms with Crippen LogP contribution in [0.5, 0.6) is 11.5 Å². The molecular formula is C27H28N6O5. The minimum absolute atomic E-state index is 0.0230. The average Bonchev–Trinajstić information content (AvgIpc) is 3.42. The summed E-state index contributed by atoms with van der Waals surface area (Å²) in [5.41, 5.74) is 1.60. The highest BCUT2D eigenvalue weighted by molar-refractivity contribution is 5.96. The van der Waals surface area contributed by atoms with Crippen molar-refractivity contribution in [2.24, 2.45) is 0 Å². The van der Waals surface area contributed by atoms with Gasteiger partial charge >= 0.3 is 0 Å². The monoisotopic (exact) mass is 516 g/mol. The number of aromatic nitrogens is 3. The van der Waals surface area contributed by atoms with Gasteiger partial charge in [0, 0.05) is 38.9 Å². The zero-order valence-corrected chi connectivity index (χ0v) is 20.8. The maximum absolute atomic E-state index is 13.4. The highest BCUT2D eigenvalue weighted by Crippen LogP contribution is 2.32. The van der Waals surface area contributed by atoms with Gasteiger partial charge in [0.05, 0.1) is 24.2 Å². The maximum Gasteiger partial charge on any atom is 0.267 e. The van der Waals surface area contributed by atoms with Crippen molar-refractivity contribution in [1.29, 1.82) is 5.41 Å². The van der Waals surface area contributed by atoms with Gasteiger partial charge in [-0.1, -0.05) is 12.1 Å². The van der Waals surface area contributed by atoms with E-state index >= 15 is 0 Å². The fourth-order valence-electron chi connectivity index (χ4n) is 4.88. The fourth-order valence-corrected chi connectivity index (χ4v) is 4.88. The topological polar surface area (TPSA) is 123 Å². The molecule has 0 aliphatic carbocycles. The van der Waals surface area contributed by atoms with E-state index in [0.29, 0.717) is 47.9 Å². The Bertz CT molecular complexity index is 1640. The summed E-state index contributed by atoms with van der Waals surface area (Å²) in [6.45, 7) is 4.84. The van der Waals surface area contributed by atoms with Crippen LogP contribution in [-0.2, 0) is 17.8 Å². The number of hydrogen-bond donors (Lipinski definition) is 2. The lowest BCUT2D eigenvalue weighted by molar-refractivity contribution is 0.0369. The van der Waals surface area contributed by atoms with Crippen LogP contribution in [-0.4, -0.2) is 64.4 Å². The van der Waals surface area contributed by atoms with Gasteiger partial charge in [-0.25, -0.2) is 4.98 Å². The van der Waals surface area contributed by atoms with Crippen LogP contribution >= 0.6 is 0 Å². The van der Waals surface area contributed by atoms with E-state index in [1.807, 2.05) is 18.2 Å². The first-order valence-electron chi connectivity index (χ1n) is 12.6. The number of morpholine rings is 1. The summed E-state index contributed by atoms with van der Waals surface area (Å²) in [7, 11) is 0. The summed E-state index contributed by atoms with van der Waals surface area (Å²) < 4.78 is 19.3. The summed E-state index contributed by atoms with van der Waals surface area (Å²) in [6.07, 6.45) is 2.39. The van der Waals surface area contributed by atoms with Crippen molar-refractivity contribution in [3.8, 4) is 11.5 Å². The molecule has 38 heavy (non-hydrogen) atoms. The van der Waals surface area contributed by atoms with Gasteiger partial charge < -0.3 is 24.1 Å². The van der Waals surface area contributed by atoms with E-state index in [4.69, 9.17) is 24.6 Å². The molecule has 2 aliphatic heterocycles. The number of benzene rings is 1. The third kappa shape index (κ3) is 4.61. The molecule has 11 heteroatoms. The van der Waals surface area contributed by atoms with Gasteiger partial charge in [0.15, 0.2) is 11.5 Å². The van der Waals surface area contributed by atoms with Crippen LogP contribution in [0.3, 0.4) is 0 Å². The first-order valence-corrected chi connectivity index (χ1v) is 12.6. The van der Waals surface area contributed by atoms with Crippen LogP contribution in [0.2, 0.25) is 0 Å². The van der Waals surface area contributed by atoms with E-state index in [9.17, 15) is 9.59 Å². The Labute approximate surface area is 217 Å². The molecular weight excluding hydrogens is 488 g/mol. The third-order valence-electron chi connectivity index (χ3n) is 6.91. The van der Waals surface area contributed by atoms with E-state index in [2.05, 4.69) is 10.2 Å². The number of nitrogens with zero attached hydrogens (tertiary/aromatic N) is 4. The minimum Gasteiger partial charge on any atom is -0.454 e. The molecule has 2 aliphatic rings. The second-order valence-electron chi connectivity index (χ2n) is 9.32. The number of rotatable bonds is 7. The molecule has 196 valence electrons. The summed E-state index contributed by atoms with van der Waals surface area (Å²) in [5, 5.41) is 12.1. The lowest BCUT2D eigenvalue weighted by Gasteiger charge is -2.26. The van der Waals surface area contributed by atoms with Crippen LogP contribution in [0.1, 0.15) is 22.3 Å². The van der Waals surface area contributed by atoms with Crippen LogP contribution < -0.4 is 25.8 Å². The highest BCUT2D eigenvalue weighted by Gasteiger charge is 2.19. The second kappa shape index (κ2) is 10.3. The van der Waals surface area contributed by atoms with Crippen LogP contribution in [0.4, 0.5) is 0 Å². The Morgan fingerprint density at radius 1 is 1.05 bits per heavy atom. The van der Waals surface area contributed by atoms with E-state index in [1.165, 1.54) is 10.5 Å². The molecule has 0 radical (unpaired) electrons. The van der Waals surface area contributed by atoms with Crippen molar-refractivity contribution in [3.63, 3.8) is 0 Å². The molecule has 5 heterocycles. The molecule has 11 nitrogen and oxygen atoms in total. The number of ether oxygens (including phenoxy) is 3. The molecule has 0 atom stereocenters. The molecule has 2 N–H and O–H groups in total. The molecule has 1 fully saturated rings. The number of nitrogens with one attached hydrogen (secondary N) is 2. The van der Waals surface area contributed by atoms with E-state index in [-0.39, 0.29) is 29.9 Å². The molecule has 1 aromatic carbocycles. The van der Waals surface area contributed by atoms with Gasteiger partial charge in [0.25, 0.3) is 11.5 Å². The second-order valence-corrected chi connectivity index (χ2v) is 9.32. The molecule has 0 spiro atoms. The molecule has 0 saturated carbocycles. The number of aryl methyl sites for hydroxylation is 1. The van der Waals surface area contributed by atoms with E-state index in [1.54, 1.807) is 29.0 Å². The standard InChI is InChI=1S/C27H28N6O5/c28-24-19(26(34)29-16-18-5-6-21-22(14-18)38-17-37-21)15-20-25(30-23-4-1-2-8-32(23)27(20)35)33(24)9-3-7-31-10-12-36-13-11-31/h1-2,4-6,8,14-15,28H,3,7,9-13,16-17H2,(H,29,34). The number of fused-ring (bicyclic) bond motifs is 3. The van der Waals surface area contributed by atoms with Crippen molar-refractivity contribution >= 4 is 22.6 Å². The van der Waals surface area contributed by atoms with E-state index in [0.717, 1.165) is 31.6 Å². The van der Waals surface area contributed by atoms with Gasteiger partial charge in [0.2, 0.25) is 6.79 Å². The van der Waals surface area contributed by atoms with Crippen molar-refractivity contribution in [2.45, 2.75) is 19.5 Å². The Balaban J connectivity index is 1.33. The van der Waals surface area contributed by atoms with Gasteiger partial charge in [-0.2, -0.15) is 0 Å². The first-order chi connectivity index (χ1) is 18.6. The van der Waals surface area contributed by atoms with Crippen molar-refractivity contribution in [2.75, 3.05) is 39.6 Å². The van der Waals surface area contributed by atoms with Crippen molar-refractivity contribution < 1.29 is 19.0 Å². The van der Waals surface area contributed by atoms with Crippen LogP contribution in [0.25, 0.3) is 16.7 Å². The van der Waals surface area contributed by atoms with Crippen LogP contribution in [0.15, 0.2) is 53.5 Å². The molecule has 1 saturated heterocycles. The maximum atomic E-state index is 13.4. The summed E-state index contributed by atoms with van der Waals surface area (Å²) in [6, 6.07) is 12.3. The Morgan fingerprint density at radius 3 is 2.76 bits per heavy atom. The normalized spacial score (nSPS) is 15.3. The molecule has 6 rings (SSSR count). The number of pyridine rings is 2. The van der Waals surface area contributed by atoms with Crippen LogP contribution in [0, 0.1) is 5.41 Å². The Kier molecular flexibility index (Phi) is 6.52. The molecule has 0 unspecified atom stereocenters. The van der Waals surface area contributed by atoms with Gasteiger partial charge in [0.1, 0.15) is 16.8 Å². The summed E-state index contributed by atoms with van der Waals surface area (Å²) >= 11 is 0. The molecule has 4 aromatic rings. The molecule has 3 aromatic heterocycles. The number of carbonyl (C=O) groups is 1. The zero-order chi connectivity index (χ0) is 26.1. The summed E-state index contributed by atoms with van der Waals surface area (Å²) in [4.78, 5) is 33.7. The SMILES string of the molecule is N=c1c(C(=O)NCc2ccc3c(c2)OCO3)cc2c(=O)n3ccccc3nc2n1CCCN1CCOCC1. The smallest absolute Gasteiger partial charge is 0.267 e. The van der Waals surface area contributed by atoms with Crippen molar-refractivity contribution in [3.05, 3.63) is 75.6 Å². The number of carbonyl (C=O) groups excluding carboxylic acids is 1. The molecule has 1 amide bonds. The predicted octanol–water partition coefficient (Wildman–Crippen LogP) is 1.51. The summed E-state index contributed by atoms with van der Waals surface area (Å²) in [5.74, 6) is 0.864. The number of amides is 1. The van der Waals surface area contributed by atoms with Gasteiger partial charge in [-0.05, 0) is 42.3 Å². The zero-order valence-electron chi connectivity index (χ0n) is 20.8. The Morgan fingerprint density at radius 2 is 1.89 bits per heavy atom. The highest BCUT2D eigenvalue weighted by atomic mass is 16.7. The minimum atomic E-state index is -0.436. The van der Waals surface area contributed by atoms with E-state index < -0.39 is 5.91 Å². The predicted molar refractivity (Wildman–Crippen MR) is 138 cm³/mol. The molecule has 0 bridgehead atoms. The van der Waals surface area contributed by atoms with Gasteiger partial charge in [-0.3, -0.25) is 24.3 Å². The average molecular weight is 517 g/mol. The van der Waals surface area contributed by atoms with Gasteiger partial charge in [-0.15, -0.1) is 0 Å². The largest absolute Gasteiger partial charge is 0.454 e.